The van der Waals surface area contributed by atoms with Crippen LogP contribution in [0.5, 0.6) is 11.5 Å². The van der Waals surface area contributed by atoms with E-state index in [1.165, 1.54) is 22.9 Å². The van der Waals surface area contributed by atoms with Crippen LogP contribution in [0.3, 0.4) is 0 Å². The van der Waals surface area contributed by atoms with E-state index in [9.17, 15) is 9.59 Å². The van der Waals surface area contributed by atoms with E-state index in [4.69, 9.17) is 18.9 Å². The molecular weight excluding hydrogens is 514 g/mol. The van der Waals surface area contributed by atoms with Crippen molar-refractivity contribution >= 4 is 22.8 Å². The fraction of sp³-hybridized carbons (Fsp3) is 0.677. The van der Waals surface area contributed by atoms with Crippen molar-refractivity contribution in [3.8, 4) is 11.5 Å². The summed E-state index contributed by atoms with van der Waals surface area (Å²) in [6, 6.07) is 4.24. The van der Waals surface area contributed by atoms with Gasteiger partial charge >= 0.3 is 5.97 Å². The molecule has 7 nitrogen and oxygen atoms in total. The second-order valence-electron chi connectivity index (χ2n) is 12.9. The Labute approximate surface area is 235 Å². The van der Waals surface area contributed by atoms with Crippen molar-refractivity contribution in [2.24, 2.45) is 0 Å². The first-order valence-electron chi connectivity index (χ1n) is 14.5. The lowest BCUT2D eigenvalue weighted by Gasteiger charge is -2.44. The van der Waals surface area contributed by atoms with Crippen LogP contribution in [0.1, 0.15) is 90.2 Å². The van der Waals surface area contributed by atoms with E-state index in [-0.39, 0.29) is 35.0 Å². The van der Waals surface area contributed by atoms with Crippen molar-refractivity contribution in [3.05, 3.63) is 34.9 Å². The lowest BCUT2D eigenvalue weighted by molar-refractivity contribution is -0.212. The third-order valence-corrected chi connectivity index (χ3v) is 10.1. The molecule has 0 saturated carbocycles. The Balaban J connectivity index is 1.37. The molecule has 0 bridgehead atoms. The molecule has 1 aromatic rings. The largest absolute Gasteiger partial charge is 0.455 e. The first-order chi connectivity index (χ1) is 18.5. The molecule has 8 heteroatoms. The summed E-state index contributed by atoms with van der Waals surface area (Å²) in [6.45, 7) is 12.3. The standard InChI is InChI=1S/C31H41NO6S/c1-19(2)39-25(33)17-31(11-6-9-29(4,5)38-31)28(34)37-27-20(3)16-30-10-7-12-32(30)13-8-21-14-23-24(36-18-35-23)15-22(21)26(27)30/h14-16,19,26-27H,6-13,17-18H2,1-5H3/t26-,27?,30+,31-/m1/s1. The van der Waals surface area contributed by atoms with Crippen molar-refractivity contribution in [1.29, 1.82) is 0 Å². The quantitative estimate of drug-likeness (QED) is 0.347. The Kier molecular flexibility index (Phi) is 6.83. The third kappa shape index (κ3) is 4.70. The number of carbonyl (C=O) groups excluding carboxylic acids is 2. The van der Waals surface area contributed by atoms with E-state index in [1.54, 1.807) is 0 Å². The zero-order valence-electron chi connectivity index (χ0n) is 23.8. The molecule has 1 aromatic carbocycles. The van der Waals surface area contributed by atoms with Crippen LogP contribution in [0.4, 0.5) is 0 Å². The van der Waals surface area contributed by atoms with E-state index >= 15 is 0 Å². The molecule has 0 N–H and O–H groups in total. The molecule has 1 aliphatic carbocycles. The average molecular weight is 556 g/mol. The van der Waals surface area contributed by atoms with E-state index in [1.807, 2.05) is 27.7 Å². The number of ether oxygens (including phenoxy) is 4. The summed E-state index contributed by atoms with van der Waals surface area (Å²) in [5, 5.41) is 0.120. The normalized spacial score (nSPS) is 32.7. The van der Waals surface area contributed by atoms with Gasteiger partial charge in [-0.1, -0.05) is 31.7 Å². The molecule has 6 rings (SSSR count). The average Bonchev–Trinajstić information content (AvgIpc) is 3.51. The molecular formula is C31H41NO6S. The predicted octanol–water partition coefficient (Wildman–Crippen LogP) is 5.54. The Bertz CT molecular complexity index is 1210. The van der Waals surface area contributed by atoms with Gasteiger partial charge in [0.25, 0.3) is 0 Å². The van der Waals surface area contributed by atoms with Crippen LogP contribution in [0.15, 0.2) is 23.8 Å². The second kappa shape index (κ2) is 9.81. The van der Waals surface area contributed by atoms with Crippen molar-refractivity contribution in [3.63, 3.8) is 0 Å². The van der Waals surface area contributed by atoms with Crippen LogP contribution in [0.2, 0.25) is 0 Å². The summed E-state index contributed by atoms with van der Waals surface area (Å²) in [5.41, 5.74) is 1.51. The van der Waals surface area contributed by atoms with Crippen LogP contribution >= 0.6 is 11.8 Å². The Hall–Kier alpha value is -2.03. The molecule has 2 saturated heterocycles. The number of benzene rings is 1. The van der Waals surface area contributed by atoms with Gasteiger partial charge in [0.1, 0.15) is 6.10 Å². The van der Waals surface area contributed by atoms with Gasteiger partial charge in [0.05, 0.1) is 17.6 Å². The molecule has 39 heavy (non-hydrogen) atoms. The molecule has 1 spiro atoms. The number of nitrogens with zero attached hydrogens (tertiary/aromatic N) is 1. The van der Waals surface area contributed by atoms with Crippen molar-refractivity contribution in [2.75, 3.05) is 19.9 Å². The molecule has 0 radical (unpaired) electrons. The smallest absolute Gasteiger partial charge is 0.339 e. The molecule has 212 valence electrons. The Morgan fingerprint density at radius 1 is 1.10 bits per heavy atom. The SMILES string of the molecule is CC1=C[C@]23CCCN2CCc2cc4c(cc2[C@@H]3C1OC(=O)[C@]1(CC(=O)SC(C)C)CCCC(C)(C)O1)OCO4. The van der Waals surface area contributed by atoms with Gasteiger partial charge in [-0.2, -0.15) is 0 Å². The number of thioether (sulfide) groups is 1. The van der Waals surface area contributed by atoms with Crippen molar-refractivity contribution < 1.29 is 28.5 Å². The summed E-state index contributed by atoms with van der Waals surface area (Å²) in [7, 11) is 0. The maximum atomic E-state index is 14.3. The maximum absolute atomic E-state index is 14.3. The highest BCUT2D eigenvalue weighted by molar-refractivity contribution is 8.14. The second-order valence-corrected chi connectivity index (χ2v) is 14.5. The highest BCUT2D eigenvalue weighted by Crippen LogP contribution is 2.56. The fourth-order valence-corrected chi connectivity index (χ4v) is 8.57. The minimum atomic E-state index is -1.27. The Morgan fingerprint density at radius 3 is 2.62 bits per heavy atom. The van der Waals surface area contributed by atoms with Gasteiger partial charge in [0.2, 0.25) is 6.79 Å². The van der Waals surface area contributed by atoms with Gasteiger partial charge in [-0.15, -0.1) is 0 Å². The van der Waals surface area contributed by atoms with Gasteiger partial charge in [-0.05, 0) is 94.7 Å². The first-order valence-corrected chi connectivity index (χ1v) is 15.4. The number of carbonyl (C=O) groups is 2. The molecule has 1 unspecified atom stereocenters. The van der Waals surface area contributed by atoms with E-state index in [0.29, 0.717) is 6.42 Å². The van der Waals surface area contributed by atoms with Crippen LogP contribution in [0, 0.1) is 0 Å². The molecule has 0 amide bonds. The molecule has 4 heterocycles. The molecule has 4 aliphatic heterocycles. The number of hydrogen-bond acceptors (Lipinski definition) is 8. The lowest BCUT2D eigenvalue weighted by Crippen LogP contribution is -2.54. The first kappa shape index (κ1) is 27.2. The van der Waals surface area contributed by atoms with Crippen LogP contribution in [-0.4, -0.2) is 64.0 Å². The summed E-state index contributed by atoms with van der Waals surface area (Å²) < 4.78 is 24.6. The topological polar surface area (TPSA) is 74.3 Å². The van der Waals surface area contributed by atoms with Crippen LogP contribution < -0.4 is 9.47 Å². The minimum Gasteiger partial charge on any atom is -0.455 e. The molecule has 4 atom stereocenters. The maximum Gasteiger partial charge on any atom is 0.339 e. The number of hydrogen-bond donors (Lipinski definition) is 0. The van der Waals surface area contributed by atoms with Crippen LogP contribution in [0.25, 0.3) is 0 Å². The number of rotatable bonds is 5. The highest BCUT2D eigenvalue weighted by atomic mass is 32.2. The van der Waals surface area contributed by atoms with Crippen molar-refractivity contribution in [1.82, 2.24) is 4.90 Å². The van der Waals surface area contributed by atoms with Crippen molar-refractivity contribution in [2.45, 2.75) is 114 Å². The van der Waals surface area contributed by atoms with Gasteiger partial charge < -0.3 is 18.9 Å². The summed E-state index contributed by atoms with van der Waals surface area (Å²) >= 11 is 1.27. The zero-order chi connectivity index (χ0) is 27.6. The fourth-order valence-electron chi connectivity index (χ4n) is 7.73. The predicted molar refractivity (Wildman–Crippen MR) is 150 cm³/mol. The highest BCUT2D eigenvalue weighted by Gasteiger charge is 2.58. The zero-order valence-corrected chi connectivity index (χ0v) is 24.7. The van der Waals surface area contributed by atoms with Gasteiger partial charge in [0, 0.05) is 17.7 Å². The molecule has 0 aromatic heterocycles. The number of fused-ring (bicyclic) bond motifs is 3. The number of esters is 1. The molecule has 2 fully saturated rings. The minimum absolute atomic E-state index is 0.0238. The van der Waals surface area contributed by atoms with E-state index < -0.39 is 23.3 Å². The summed E-state index contributed by atoms with van der Waals surface area (Å²) in [4.78, 5) is 29.9. The van der Waals surface area contributed by atoms with Crippen LogP contribution in [-0.2, 0) is 25.5 Å². The van der Waals surface area contributed by atoms with Gasteiger partial charge in [0.15, 0.2) is 22.2 Å². The third-order valence-electron chi connectivity index (χ3n) is 9.22. The van der Waals surface area contributed by atoms with E-state index in [0.717, 1.165) is 62.3 Å². The summed E-state index contributed by atoms with van der Waals surface area (Å²) in [6.07, 6.45) is 7.16. The van der Waals surface area contributed by atoms with Gasteiger partial charge in [-0.3, -0.25) is 9.69 Å². The summed E-state index contributed by atoms with van der Waals surface area (Å²) in [5.74, 6) is 1.10. The Morgan fingerprint density at radius 2 is 1.87 bits per heavy atom. The molecule has 5 aliphatic rings. The lowest BCUT2D eigenvalue weighted by atomic mass is 9.77. The van der Waals surface area contributed by atoms with E-state index in [2.05, 4.69) is 30.0 Å². The van der Waals surface area contributed by atoms with Gasteiger partial charge in [-0.25, -0.2) is 4.79 Å². The monoisotopic (exact) mass is 555 g/mol.